The molecular weight excluding hydrogens is 732 g/mol. The first-order valence-electron chi connectivity index (χ1n) is 17.7. The molecule has 4 heterocycles. The first-order chi connectivity index (χ1) is 26.5. The molecule has 0 amide bonds. The van der Waals surface area contributed by atoms with Gasteiger partial charge in [0.15, 0.2) is 0 Å². The molecule has 0 aliphatic carbocycles. The number of hydrogen-bond acceptors (Lipinski definition) is 4. The van der Waals surface area contributed by atoms with Crippen LogP contribution in [0.4, 0.5) is 0 Å². The molecule has 0 radical (unpaired) electrons. The molecule has 11 heteroatoms. The maximum atomic E-state index is 14.9. The van der Waals surface area contributed by atoms with E-state index in [4.69, 9.17) is 0 Å². The molecule has 0 N–H and O–H groups in total. The van der Waals surface area contributed by atoms with E-state index in [0.29, 0.717) is 16.9 Å². The van der Waals surface area contributed by atoms with E-state index in [0.717, 1.165) is 22.3 Å². The molecule has 0 bridgehead atoms. The maximum Gasteiger partial charge on any atom is 2.00 e. The van der Waals surface area contributed by atoms with Crippen LogP contribution in [-0.4, -0.2) is 27.9 Å². The van der Waals surface area contributed by atoms with E-state index in [1.807, 2.05) is 127 Å². The Morgan fingerprint density at radius 1 is 0.545 bits per heavy atom. The Labute approximate surface area is 325 Å². The number of nitrogens with zero attached hydrogens (tertiary/aromatic N) is 6. The third-order valence-corrected chi connectivity index (χ3v) is 10.4. The van der Waals surface area contributed by atoms with Crippen LogP contribution in [0.2, 0.25) is 0 Å². The quantitative estimate of drug-likeness (QED) is 0.170. The van der Waals surface area contributed by atoms with Gasteiger partial charge in [-0.2, -0.15) is 42.0 Å². The normalized spacial score (nSPS) is 16.9. The van der Waals surface area contributed by atoms with Crippen molar-refractivity contribution in [2.24, 2.45) is 0 Å². The minimum atomic E-state index is -1.40. The first kappa shape index (κ1) is 35.4. The molecule has 0 fully saturated rings. The number of fused-ring (bicyclic) bond motifs is 4. The fraction of sp³-hybridized carbons (Fsp3) is 0.0909. The molecule has 10 nitrogen and oxygen atoms in total. The van der Waals surface area contributed by atoms with Crippen molar-refractivity contribution in [1.82, 2.24) is 27.9 Å². The summed E-state index contributed by atoms with van der Waals surface area (Å²) >= 11 is 0. The summed E-state index contributed by atoms with van der Waals surface area (Å²) in [5.74, 6) is 0. The number of allylic oxidation sites excluding steroid dienone is 2. The summed E-state index contributed by atoms with van der Waals surface area (Å²) < 4.78 is 8.35. The van der Waals surface area contributed by atoms with E-state index >= 15 is 0 Å². The smallest absolute Gasteiger partial charge is 0.246 e. The van der Waals surface area contributed by atoms with Crippen LogP contribution in [0.3, 0.4) is 0 Å². The van der Waals surface area contributed by atoms with Crippen molar-refractivity contribution in [2.75, 3.05) is 0 Å². The zero-order valence-electron chi connectivity index (χ0n) is 29.4. The second-order valence-corrected chi connectivity index (χ2v) is 13.3. The zero-order valence-corrected chi connectivity index (χ0v) is 30.5. The molecule has 55 heavy (non-hydrogen) atoms. The molecule has 2 aromatic heterocycles. The molecule has 10 rings (SSSR count). The summed E-state index contributed by atoms with van der Waals surface area (Å²) in [7, 11) is 0. The standard InChI is InChI=1S/C39H29N6O4.C5H5.Fe/c46-35-40-25-32(27-15-5-1-6-16-27)33-34(28-17-13-14-18-28)44-37(48)42(30-21-9-3-10-22-30)36(47)41(44)26-39(33,29-19-7-2-8-20-29)45(40)38(49)43(35)31-23-11-4-12-24-31;1-2-4-5-3-1;/h1-24,34H,25-26H2;1-5H;/q2*-1;+2. The summed E-state index contributed by atoms with van der Waals surface area (Å²) in [6.45, 7) is -0.0522. The summed E-state index contributed by atoms with van der Waals surface area (Å²) in [4.78, 5) is 58.6. The van der Waals surface area contributed by atoms with Crippen molar-refractivity contribution < 1.29 is 17.1 Å². The SMILES string of the molecule is O=c1n(-c2ccccc2)c(=O)n2n1CC1(c3ccccc3)C(=C(c3ccccc3)Cn3c(=O)n(-c4ccccc4)c(=O)n31)C2c1cc[cH-]c1.[Fe+2].c1cc[cH-]c1. The maximum absolute atomic E-state index is 14.9. The van der Waals surface area contributed by atoms with Crippen LogP contribution in [0.15, 0.2) is 201 Å². The van der Waals surface area contributed by atoms with Gasteiger partial charge in [-0.3, -0.25) is 0 Å². The van der Waals surface area contributed by atoms with Crippen molar-refractivity contribution in [3.8, 4) is 11.4 Å². The molecule has 272 valence electrons. The molecule has 2 aliphatic rings. The molecular formula is C44H34FeN6O4. The topological polar surface area (TPSA) is 97.9 Å². The van der Waals surface area contributed by atoms with Gasteiger partial charge >= 0.3 is 39.8 Å². The Kier molecular flexibility index (Phi) is 9.18. The molecule has 8 aromatic rings. The van der Waals surface area contributed by atoms with Gasteiger partial charge in [0.05, 0.1) is 30.5 Å². The first-order valence-corrected chi connectivity index (χ1v) is 17.7. The van der Waals surface area contributed by atoms with Gasteiger partial charge in [-0.15, -0.1) is 0 Å². The van der Waals surface area contributed by atoms with Gasteiger partial charge in [-0.05, 0) is 46.5 Å². The monoisotopic (exact) mass is 766 g/mol. The van der Waals surface area contributed by atoms with Gasteiger partial charge in [-0.25, -0.2) is 65.2 Å². The van der Waals surface area contributed by atoms with Crippen molar-refractivity contribution in [2.45, 2.75) is 24.7 Å². The molecule has 2 atom stereocenters. The number of rotatable bonds is 5. The summed E-state index contributed by atoms with van der Waals surface area (Å²) in [6, 6.07) is 53.8. The number of hydrogen-bond donors (Lipinski definition) is 0. The summed E-state index contributed by atoms with van der Waals surface area (Å²) in [6.07, 6.45) is 0. The molecule has 2 unspecified atom stereocenters. The minimum absolute atomic E-state index is 0. The van der Waals surface area contributed by atoms with Crippen LogP contribution in [0.5, 0.6) is 0 Å². The molecule has 0 spiro atoms. The average Bonchev–Trinajstić information content (AvgIpc) is 4.06. The van der Waals surface area contributed by atoms with E-state index in [1.54, 1.807) is 48.5 Å². The van der Waals surface area contributed by atoms with Gasteiger partial charge in [-0.1, -0.05) is 97.1 Å². The molecule has 0 saturated heterocycles. The van der Waals surface area contributed by atoms with Crippen LogP contribution >= 0.6 is 0 Å². The van der Waals surface area contributed by atoms with Crippen LogP contribution in [0.1, 0.15) is 22.7 Å². The van der Waals surface area contributed by atoms with Gasteiger partial charge in [0.2, 0.25) is 0 Å². The van der Waals surface area contributed by atoms with Crippen LogP contribution in [-0.2, 0) is 35.7 Å². The number of benzene rings is 4. The Hall–Kier alpha value is -6.68. The Morgan fingerprint density at radius 3 is 1.64 bits per heavy atom. The van der Waals surface area contributed by atoms with E-state index in [2.05, 4.69) is 0 Å². The predicted molar refractivity (Wildman–Crippen MR) is 208 cm³/mol. The van der Waals surface area contributed by atoms with Gasteiger partial charge < -0.3 is 0 Å². The minimum Gasteiger partial charge on any atom is -0.246 e. The van der Waals surface area contributed by atoms with Crippen molar-refractivity contribution >= 4 is 5.57 Å². The third kappa shape index (κ3) is 5.55. The fourth-order valence-corrected chi connectivity index (χ4v) is 8.12. The van der Waals surface area contributed by atoms with E-state index < -0.39 is 34.3 Å². The molecule has 6 aromatic carbocycles. The fourth-order valence-electron chi connectivity index (χ4n) is 8.12. The molecule has 0 saturated carbocycles. The third-order valence-electron chi connectivity index (χ3n) is 10.4. The Balaban J connectivity index is 0.000000661. The summed E-state index contributed by atoms with van der Waals surface area (Å²) in [5, 5.41) is 0. The molecule has 2 aliphatic heterocycles. The predicted octanol–water partition coefficient (Wildman–Crippen LogP) is 5.55. The van der Waals surface area contributed by atoms with E-state index in [1.165, 1.54) is 27.9 Å². The van der Waals surface area contributed by atoms with E-state index in [9.17, 15) is 19.2 Å². The van der Waals surface area contributed by atoms with Gasteiger partial charge in [0.1, 0.15) is 5.54 Å². The van der Waals surface area contributed by atoms with Crippen LogP contribution in [0, 0.1) is 0 Å². The van der Waals surface area contributed by atoms with Crippen LogP contribution in [0.25, 0.3) is 16.9 Å². The van der Waals surface area contributed by atoms with Crippen molar-refractivity contribution in [3.05, 3.63) is 240 Å². The largest absolute Gasteiger partial charge is 2.00 e. The van der Waals surface area contributed by atoms with Crippen molar-refractivity contribution in [1.29, 1.82) is 0 Å². The Bertz CT molecular complexity index is 2830. The Morgan fingerprint density at radius 2 is 1.09 bits per heavy atom. The summed E-state index contributed by atoms with van der Waals surface area (Å²) in [5.41, 5.74) is 1.25. The van der Waals surface area contributed by atoms with Gasteiger partial charge in [0, 0.05) is 0 Å². The second kappa shape index (κ2) is 14.3. The van der Waals surface area contributed by atoms with Crippen molar-refractivity contribution in [3.63, 3.8) is 0 Å². The number of para-hydroxylation sites is 2. The van der Waals surface area contributed by atoms with E-state index in [-0.39, 0.29) is 30.2 Å². The number of aromatic nitrogens is 6. The average molecular weight is 767 g/mol. The van der Waals surface area contributed by atoms with Crippen LogP contribution < -0.4 is 22.8 Å². The second-order valence-electron chi connectivity index (χ2n) is 13.3. The van der Waals surface area contributed by atoms with Gasteiger partial charge in [0.25, 0.3) is 0 Å². The zero-order chi connectivity index (χ0) is 36.8.